The molecule has 0 radical (unpaired) electrons. The third-order valence-corrected chi connectivity index (χ3v) is 4.18. The van der Waals surface area contributed by atoms with Crippen molar-refractivity contribution in [3.63, 3.8) is 0 Å². The lowest BCUT2D eigenvalue weighted by atomic mass is 10.2. The molecule has 22 heavy (non-hydrogen) atoms. The van der Waals surface area contributed by atoms with Crippen molar-refractivity contribution in [3.05, 3.63) is 28.9 Å². The van der Waals surface area contributed by atoms with E-state index in [1.165, 1.54) is 0 Å². The molecule has 0 amide bonds. The van der Waals surface area contributed by atoms with E-state index in [2.05, 4.69) is 4.98 Å². The van der Waals surface area contributed by atoms with E-state index < -0.39 is 18.6 Å². The number of carbonyl (C=O) groups is 1. The van der Waals surface area contributed by atoms with E-state index in [9.17, 15) is 18.0 Å². The van der Waals surface area contributed by atoms with Gasteiger partial charge in [-0.25, -0.2) is 4.79 Å². The first-order valence-corrected chi connectivity index (χ1v) is 7.86. The fourth-order valence-corrected chi connectivity index (χ4v) is 3.22. The van der Waals surface area contributed by atoms with Crippen LogP contribution in [0.25, 0.3) is 10.9 Å². The molecule has 0 bridgehead atoms. The first-order chi connectivity index (χ1) is 10.3. The first kappa shape index (κ1) is 17.0. The normalized spacial score (nSPS) is 11.9. The first-order valence-electron chi connectivity index (χ1n) is 6.49. The van der Waals surface area contributed by atoms with Crippen LogP contribution in [0.5, 0.6) is 0 Å². The van der Waals surface area contributed by atoms with Crippen molar-refractivity contribution in [1.82, 2.24) is 4.98 Å². The summed E-state index contributed by atoms with van der Waals surface area (Å²) in [5, 5.41) is 1.06. The maximum atomic E-state index is 12.3. The standard InChI is InChI=1S/C14H13ClF3NO2S/c1-2-21-13(20)11-12(22-6-5-14(16,17)18)9-7-8(15)3-4-10(9)19-11/h3-4,7,19H,2,5-6H2,1H3. The highest BCUT2D eigenvalue weighted by Gasteiger charge is 2.27. The highest BCUT2D eigenvalue weighted by molar-refractivity contribution is 7.99. The number of fused-ring (bicyclic) bond motifs is 1. The van der Waals surface area contributed by atoms with Crippen molar-refractivity contribution in [1.29, 1.82) is 0 Å². The molecule has 120 valence electrons. The number of ether oxygens (including phenoxy) is 1. The van der Waals surface area contributed by atoms with Crippen molar-refractivity contribution in [2.75, 3.05) is 12.4 Å². The van der Waals surface area contributed by atoms with Crippen LogP contribution in [0.4, 0.5) is 13.2 Å². The zero-order valence-corrected chi connectivity index (χ0v) is 13.2. The number of rotatable bonds is 5. The molecule has 0 saturated carbocycles. The molecule has 3 nitrogen and oxygen atoms in total. The summed E-state index contributed by atoms with van der Waals surface area (Å²) in [5.41, 5.74) is 0.785. The van der Waals surface area contributed by atoms with Crippen LogP contribution < -0.4 is 0 Å². The molecule has 1 heterocycles. The Kier molecular flexibility index (Phi) is 5.28. The van der Waals surface area contributed by atoms with Gasteiger partial charge in [0, 0.05) is 26.6 Å². The quantitative estimate of drug-likeness (QED) is 0.606. The molecule has 2 rings (SSSR count). The molecule has 0 aliphatic carbocycles. The minimum absolute atomic E-state index is 0.159. The summed E-state index contributed by atoms with van der Waals surface area (Å²) in [6.07, 6.45) is -5.17. The van der Waals surface area contributed by atoms with Crippen LogP contribution in [0.3, 0.4) is 0 Å². The number of alkyl halides is 3. The van der Waals surface area contributed by atoms with E-state index in [-0.39, 0.29) is 18.1 Å². The molecule has 8 heteroatoms. The highest BCUT2D eigenvalue weighted by atomic mass is 35.5. The topological polar surface area (TPSA) is 42.1 Å². The summed E-state index contributed by atoms with van der Waals surface area (Å²) < 4.78 is 41.9. The van der Waals surface area contributed by atoms with E-state index in [0.717, 1.165) is 11.8 Å². The zero-order chi connectivity index (χ0) is 16.3. The number of thioether (sulfide) groups is 1. The second-order valence-corrected chi connectivity index (χ2v) is 5.99. The Morgan fingerprint density at radius 3 is 2.77 bits per heavy atom. The van der Waals surface area contributed by atoms with E-state index in [1.54, 1.807) is 25.1 Å². The van der Waals surface area contributed by atoms with E-state index in [4.69, 9.17) is 16.3 Å². The molecular formula is C14H13ClF3NO2S. The molecule has 0 fully saturated rings. The van der Waals surface area contributed by atoms with Crippen LogP contribution >= 0.6 is 23.4 Å². The summed E-state index contributed by atoms with van der Waals surface area (Å²) in [7, 11) is 0. The lowest BCUT2D eigenvalue weighted by Gasteiger charge is -2.07. The van der Waals surface area contributed by atoms with E-state index in [0.29, 0.717) is 20.8 Å². The van der Waals surface area contributed by atoms with Crippen LogP contribution in [0.1, 0.15) is 23.8 Å². The lowest BCUT2D eigenvalue weighted by molar-refractivity contribution is -0.129. The monoisotopic (exact) mass is 351 g/mol. The maximum Gasteiger partial charge on any atom is 0.389 e. The average molecular weight is 352 g/mol. The van der Waals surface area contributed by atoms with Gasteiger partial charge in [-0.05, 0) is 25.1 Å². The number of hydrogen-bond donors (Lipinski definition) is 1. The number of hydrogen-bond acceptors (Lipinski definition) is 3. The van der Waals surface area contributed by atoms with Crippen LogP contribution in [0.15, 0.2) is 23.1 Å². The zero-order valence-electron chi connectivity index (χ0n) is 11.6. The maximum absolute atomic E-state index is 12.3. The van der Waals surface area contributed by atoms with Crippen molar-refractivity contribution in [2.24, 2.45) is 0 Å². The van der Waals surface area contributed by atoms with Crippen molar-refractivity contribution >= 4 is 40.2 Å². The Morgan fingerprint density at radius 1 is 1.41 bits per heavy atom. The van der Waals surface area contributed by atoms with E-state index >= 15 is 0 Å². The van der Waals surface area contributed by atoms with Gasteiger partial charge < -0.3 is 9.72 Å². The van der Waals surface area contributed by atoms with Gasteiger partial charge in [0.05, 0.1) is 13.0 Å². The number of carbonyl (C=O) groups excluding carboxylic acids is 1. The Balaban J connectivity index is 2.36. The molecule has 2 aromatic rings. The number of esters is 1. The Morgan fingerprint density at radius 2 is 2.14 bits per heavy atom. The molecule has 1 N–H and O–H groups in total. The van der Waals surface area contributed by atoms with Gasteiger partial charge in [0.2, 0.25) is 0 Å². The molecule has 0 saturated heterocycles. The van der Waals surface area contributed by atoms with Gasteiger partial charge >= 0.3 is 12.1 Å². The number of H-pyrrole nitrogens is 1. The number of aromatic nitrogens is 1. The van der Waals surface area contributed by atoms with Gasteiger partial charge in [0.25, 0.3) is 0 Å². The number of nitrogens with one attached hydrogen (secondary N) is 1. The predicted molar refractivity (Wildman–Crippen MR) is 80.7 cm³/mol. The average Bonchev–Trinajstić information content (AvgIpc) is 2.76. The third kappa shape index (κ3) is 4.10. The fourth-order valence-electron chi connectivity index (χ4n) is 1.91. The third-order valence-electron chi connectivity index (χ3n) is 2.82. The van der Waals surface area contributed by atoms with Crippen molar-refractivity contribution in [2.45, 2.75) is 24.4 Å². The van der Waals surface area contributed by atoms with Gasteiger partial charge in [0.15, 0.2) is 0 Å². The minimum Gasteiger partial charge on any atom is -0.461 e. The summed E-state index contributed by atoms with van der Waals surface area (Å²) in [6, 6.07) is 4.93. The van der Waals surface area contributed by atoms with Crippen LogP contribution in [0.2, 0.25) is 5.02 Å². The van der Waals surface area contributed by atoms with Gasteiger partial charge in [0.1, 0.15) is 5.69 Å². The van der Waals surface area contributed by atoms with Crippen LogP contribution in [-0.4, -0.2) is 29.5 Å². The number of aromatic amines is 1. The molecular weight excluding hydrogens is 339 g/mol. The van der Waals surface area contributed by atoms with Gasteiger partial charge in [-0.15, -0.1) is 11.8 Å². The summed E-state index contributed by atoms with van der Waals surface area (Å²) in [4.78, 5) is 15.3. The highest BCUT2D eigenvalue weighted by Crippen LogP contribution is 2.35. The van der Waals surface area contributed by atoms with Crippen LogP contribution in [-0.2, 0) is 4.74 Å². The predicted octanol–water partition coefficient (Wildman–Crippen LogP) is 5.04. The van der Waals surface area contributed by atoms with Gasteiger partial charge in [-0.1, -0.05) is 11.6 Å². The number of halogens is 4. The Bertz CT molecular complexity index is 685. The molecule has 1 aromatic heterocycles. The Labute approximate surface area is 134 Å². The Hall–Kier alpha value is -1.34. The van der Waals surface area contributed by atoms with Crippen LogP contribution in [0, 0.1) is 0 Å². The number of benzene rings is 1. The van der Waals surface area contributed by atoms with E-state index in [1.807, 2.05) is 0 Å². The fraction of sp³-hybridized carbons (Fsp3) is 0.357. The second kappa shape index (κ2) is 6.83. The lowest BCUT2D eigenvalue weighted by Crippen LogP contribution is -2.09. The SMILES string of the molecule is CCOC(=O)c1[nH]c2ccc(Cl)cc2c1SCCC(F)(F)F. The minimum atomic E-state index is -4.24. The van der Waals surface area contributed by atoms with Gasteiger partial charge in [-0.3, -0.25) is 0 Å². The molecule has 0 atom stereocenters. The molecule has 1 aromatic carbocycles. The summed E-state index contributed by atoms with van der Waals surface area (Å²) >= 11 is 6.89. The summed E-state index contributed by atoms with van der Waals surface area (Å²) in [5.74, 6) is -0.778. The second-order valence-electron chi connectivity index (χ2n) is 4.45. The van der Waals surface area contributed by atoms with Crippen molar-refractivity contribution < 1.29 is 22.7 Å². The summed E-state index contributed by atoms with van der Waals surface area (Å²) in [6.45, 7) is 1.84. The molecule has 0 spiro atoms. The molecule has 0 aliphatic heterocycles. The smallest absolute Gasteiger partial charge is 0.389 e. The van der Waals surface area contributed by atoms with Gasteiger partial charge in [-0.2, -0.15) is 13.2 Å². The largest absolute Gasteiger partial charge is 0.461 e. The molecule has 0 aliphatic rings. The van der Waals surface area contributed by atoms with Crippen molar-refractivity contribution in [3.8, 4) is 0 Å². The molecule has 0 unspecified atom stereocenters.